The molecule has 4 N–H and O–H groups in total. The second-order valence-electron chi connectivity index (χ2n) is 8.67. The molecule has 0 radical (unpaired) electrons. The van der Waals surface area contributed by atoms with E-state index in [1.54, 1.807) is 0 Å². The summed E-state index contributed by atoms with van der Waals surface area (Å²) in [6.07, 6.45) is 7.36. The minimum Gasteiger partial charge on any atom is -0.771 e. The SMILES string of the molecule is NC(=O)c1cnc(Nc2ccc(N3CCN(CS(=O)[O-])CC3)cc2)cc1NC1CCCCC1. The number of primary amides is 1. The van der Waals surface area contributed by atoms with E-state index in [9.17, 15) is 13.6 Å². The second-order valence-corrected chi connectivity index (χ2v) is 9.53. The molecule has 1 atom stereocenters. The molecule has 1 aromatic heterocycles. The van der Waals surface area contributed by atoms with E-state index in [4.69, 9.17) is 5.73 Å². The summed E-state index contributed by atoms with van der Waals surface area (Å²) in [5.74, 6) is 0.249. The first-order chi connectivity index (χ1) is 16.0. The number of rotatable bonds is 8. The van der Waals surface area contributed by atoms with Crippen LogP contribution < -0.4 is 21.3 Å². The van der Waals surface area contributed by atoms with Crippen molar-refractivity contribution >= 4 is 39.9 Å². The van der Waals surface area contributed by atoms with Gasteiger partial charge in [-0.3, -0.25) is 13.9 Å². The molecule has 1 aliphatic heterocycles. The Labute approximate surface area is 197 Å². The summed E-state index contributed by atoms with van der Waals surface area (Å²) < 4.78 is 21.8. The van der Waals surface area contributed by atoms with Crippen LogP contribution >= 0.6 is 0 Å². The first-order valence-corrected chi connectivity index (χ1v) is 12.7. The molecule has 2 aliphatic rings. The number of nitrogens with one attached hydrogen (secondary N) is 2. The molecule has 1 amide bonds. The lowest BCUT2D eigenvalue weighted by Gasteiger charge is -2.36. The van der Waals surface area contributed by atoms with Crippen LogP contribution in [0, 0.1) is 0 Å². The zero-order valence-electron chi connectivity index (χ0n) is 18.7. The van der Waals surface area contributed by atoms with Gasteiger partial charge in [-0.2, -0.15) is 0 Å². The van der Waals surface area contributed by atoms with Crippen LogP contribution in [0.25, 0.3) is 0 Å². The Morgan fingerprint density at radius 3 is 2.45 bits per heavy atom. The largest absolute Gasteiger partial charge is 0.771 e. The van der Waals surface area contributed by atoms with Gasteiger partial charge in [0, 0.05) is 55.9 Å². The van der Waals surface area contributed by atoms with Crippen molar-refractivity contribution in [3.63, 3.8) is 0 Å². The van der Waals surface area contributed by atoms with Crippen LogP contribution in [0.2, 0.25) is 0 Å². The van der Waals surface area contributed by atoms with E-state index in [1.165, 1.54) is 25.5 Å². The summed E-state index contributed by atoms with van der Waals surface area (Å²) >= 11 is -2.04. The van der Waals surface area contributed by atoms with Crippen molar-refractivity contribution in [2.24, 2.45) is 5.73 Å². The average Bonchev–Trinajstić information content (AvgIpc) is 2.80. The third-order valence-electron chi connectivity index (χ3n) is 6.30. The summed E-state index contributed by atoms with van der Waals surface area (Å²) in [4.78, 5) is 20.4. The molecule has 1 aliphatic carbocycles. The number of carbonyl (C=O) groups is 1. The lowest BCUT2D eigenvalue weighted by atomic mass is 9.95. The normalized spacial score (nSPS) is 18.6. The predicted octanol–water partition coefficient (Wildman–Crippen LogP) is 2.63. The van der Waals surface area contributed by atoms with Crippen molar-refractivity contribution < 1.29 is 13.6 Å². The first-order valence-electron chi connectivity index (χ1n) is 11.4. The topological polar surface area (TPSA) is 127 Å². The van der Waals surface area contributed by atoms with Gasteiger partial charge in [0.15, 0.2) is 0 Å². The van der Waals surface area contributed by atoms with Gasteiger partial charge in [0.05, 0.1) is 17.1 Å². The molecule has 4 rings (SSSR count). The lowest BCUT2D eigenvalue weighted by molar-refractivity contribution is 0.100. The highest BCUT2D eigenvalue weighted by Crippen LogP contribution is 2.27. The minimum absolute atomic E-state index is 0.0931. The van der Waals surface area contributed by atoms with E-state index in [1.807, 2.05) is 35.2 Å². The molecule has 0 spiro atoms. The number of nitrogens with zero attached hydrogens (tertiary/aromatic N) is 3. The quantitative estimate of drug-likeness (QED) is 0.502. The molecule has 10 heteroatoms. The highest BCUT2D eigenvalue weighted by atomic mass is 32.2. The fourth-order valence-electron chi connectivity index (χ4n) is 4.49. The van der Waals surface area contributed by atoms with Crippen LogP contribution in [0.3, 0.4) is 0 Å². The molecule has 9 nitrogen and oxygen atoms in total. The lowest BCUT2D eigenvalue weighted by Crippen LogP contribution is -2.47. The smallest absolute Gasteiger partial charge is 0.252 e. The molecule has 1 saturated carbocycles. The Bertz CT molecular complexity index is 973. The van der Waals surface area contributed by atoms with Crippen molar-refractivity contribution in [2.45, 2.75) is 38.1 Å². The maximum atomic E-state index is 11.9. The van der Waals surface area contributed by atoms with Crippen LogP contribution in [0.1, 0.15) is 42.5 Å². The van der Waals surface area contributed by atoms with Crippen molar-refractivity contribution in [3.05, 3.63) is 42.1 Å². The van der Waals surface area contributed by atoms with E-state index in [2.05, 4.69) is 20.5 Å². The van der Waals surface area contributed by atoms with Gasteiger partial charge < -0.3 is 25.8 Å². The standard InChI is InChI=1S/C23H32N6O3S/c24-23(30)20-15-25-22(14-21(20)26-17-4-2-1-3-5-17)27-18-6-8-19(9-7-18)29-12-10-28(11-13-29)16-33(31)32/h6-9,14-15,17H,1-5,10-13,16H2,(H2,24,30)(H,31,32)(H2,25,26,27)/p-1. The van der Waals surface area contributed by atoms with Gasteiger partial charge in [0.1, 0.15) is 5.82 Å². The first kappa shape index (κ1) is 23.5. The highest BCUT2D eigenvalue weighted by Gasteiger charge is 2.18. The predicted molar refractivity (Wildman–Crippen MR) is 131 cm³/mol. The summed E-state index contributed by atoms with van der Waals surface area (Å²) in [5, 5.41) is 6.80. The molecule has 178 valence electrons. The van der Waals surface area contributed by atoms with Gasteiger partial charge >= 0.3 is 0 Å². The number of amides is 1. The van der Waals surface area contributed by atoms with Gasteiger partial charge in [-0.05, 0) is 48.2 Å². The van der Waals surface area contributed by atoms with Gasteiger partial charge in [0.25, 0.3) is 5.91 Å². The molecule has 0 bridgehead atoms. The second kappa shape index (κ2) is 11.0. The van der Waals surface area contributed by atoms with Crippen LogP contribution in [-0.4, -0.2) is 62.7 Å². The zero-order chi connectivity index (χ0) is 23.2. The Morgan fingerprint density at radius 2 is 1.82 bits per heavy atom. The Hall–Kier alpha value is -2.69. The third kappa shape index (κ3) is 6.43. The van der Waals surface area contributed by atoms with Crippen molar-refractivity contribution in [1.82, 2.24) is 9.88 Å². The number of anilines is 4. The maximum Gasteiger partial charge on any atom is 0.252 e. The summed E-state index contributed by atoms with van der Waals surface area (Å²) in [5.41, 5.74) is 8.68. The summed E-state index contributed by atoms with van der Waals surface area (Å²) in [6.45, 7) is 3.02. The number of hydrogen-bond acceptors (Lipinski definition) is 8. The average molecular weight is 472 g/mol. The number of nitrogens with two attached hydrogens (primary N) is 1. The van der Waals surface area contributed by atoms with Crippen LogP contribution in [0.4, 0.5) is 22.9 Å². The van der Waals surface area contributed by atoms with E-state index in [0.29, 0.717) is 17.4 Å². The fraction of sp³-hybridized carbons (Fsp3) is 0.478. The molecule has 1 aromatic carbocycles. The summed E-state index contributed by atoms with van der Waals surface area (Å²) in [6, 6.07) is 10.3. The Balaban J connectivity index is 1.40. The summed E-state index contributed by atoms with van der Waals surface area (Å²) in [7, 11) is 0. The van der Waals surface area contributed by atoms with E-state index < -0.39 is 17.0 Å². The van der Waals surface area contributed by atoms with Crippen LogP contribution in [0.15, 0.2) is 36.5 Å². The Kier molecular flexibility index (Phi) is 7.79. The van der Waals surface area contributed by atoms with Gasteiger partial charge in [0.2, 0.25) is 0 Å². The van der Waals surface area contributed by atoms with Gasteiger partial charge in [-0.15, -0.1) is 0 Å². The molecule has 2 heterocycles. The molecule has 1 unspecified atom stereocenters. The van der Waals surface area contributed by atoms with Crippen molar-refractivity contribution in [1.29, 1.82) is 0 Å². The van der Waals surface area contributed by atoms with E-state index >= 15 is 0 Å². The molecule has 1 saturated heterocycles. The number of piperazine rings is 1. The number of pyridine rings is 1. The van der Waals surface area contributed by atoms with Crippen molar-refractivity contribution in [3.8, 4) is 0 Å². The maximum absolute atomic E-state index is 11.9. The van der Waals surface area contributed by atoms with E-state index in [0.717, 1.165) is 56.1 Å². The van der Waals surface area contributed by atoms with Crippen molar-refractivity contribution in [2.75, 3.05) is 47.6 Å². The zero-order valence-corrected chi connectivity index (χ0v) is 19.5. The molecular formula is C23H31N6O3S-. The number of aromatic nitrogens is 1. The number of benzene rings is 1. The fourth-order valence-corrected chi connectivity index (χ4v) is 5.05. The monoisotopic (exact) mass is 471 g/mol. The molecule has 2 fully saturated rings. The van der Waals surface area contributed by atoms with E-state index in [-0.39, 0.29) is 5.88 Å². The number of carbonyl (C=O) groups excluding carboxylic acids is 1. The minimum atomic E-state index is -2.04. The van der Waals surface area contributed by atoms with Gasteiger partial charge in [-0.1, -0.05) is 19.3 Å². The molecule has 33 heavy (non-hydrogen) atoms. The Morgan fingerprint density at radius 1 is 1.12 bits per heavy atom. The highest BCUT2D eigenvalue weighted by molar-refractivity contribution is 7.79. The number of hydrogen-bond donors (Lipinski definition) is 3. The third-order valence-corrected chi connectivity index (χ3v) is 6.88. The molecule has 2 aromatic rings. The molecular weight excluding hydrogens is 440 g/mol. The van der Waals surface area contributed by atoms with Crippen LogP contribution in [0.5, 0.6) is 0 Å². The van der Waals surface area contributed by atoms with Crippen LogP contribution in [-0.2, 0) is 11.1 Å². The van der Waals surface area contributed by atoms with Gasteiger partial charge in [-0.25, -0.2) is 4.98 Å².